The molecule has 0 radical (unpaired) electrons. The number of hydrogen-bond acceptors (Lipinski definition) is 7. The standard InChI is InChI=1S/C11H10N4O4S/c1-7-5-13-11(20-7)6-12-9-3-2-8(14(16)17)4-10(9)15(18)19/h2-5,12H,6H2,1H3. The van der Waals surface area contributed by atoms with Crippen molar-refractivity contribution in [3.63, 3.8) is 0 Å². The average molecular weight is 294 g/mol. The molecule has 0 aliphatic heterocycles. The number of rotatable bonds is 5. The number of anilines is 1. The van der Waals surface area contributed by atoms with Crippen molar-refractivity contribution in [2.75, 3.05) is 5.32 Å². The van der Waals surface area contributed by atoms with E-state index in [-0.39, 0.29) is 17.1 Å². The van der Waals surface area contributed by atoms with Crippen LogP contribution in [0.4, 0.5) is 17.1 Å². The second kappa shape index (κ2) is 5.61. The Bertz CT molecular complexity index is 670. The molecule has 9 heteroatoms. The van der Waals surface area contributed by atoms with Gasteiger partial charge in [-0.1, -0.05) is 0 Å². The summed E-state index contributed by atoms with van der Waals surface area (Å²) in [5, 5.41) is 25.2. The van der Waals surface area contributed by atoms with E-state index in [9.17, 15) is 20.2 Å². The molecule has 0 aliphatic carbocycles. The first-order chi connectivity index (χ1) is 9.47. The molecule has 2 aromatic rings. The molecular weight excluding hydrogens is 284 g/mol. The van der Waals surface area contributed by atoms with E-state index in [1.807, 2.05) is 6.92 Å². The van der Waals surface area contributed by atoms with Crippen LogP contribution in [-0.2, 0) is 6.54 Å². The summed E-state index contributed by atoms with van der Waals surface area (Å²) in [6.45, 7) is 2.24. The third-order valence-corrected chi connectivity index (χ3v) is 3.40. The number of nitro benzene ring substituents is 2. The first kappa shape index (κ1) is 13.9. The monoisotopic (exact) mass is 294 g/mol. The number of hydrogen-bond donors (Lipinski definition) is 1. The van der Waals surface area contributed by atoms with Crippen LogP contribution in [-0.4, -0.2) is 14.8 Å². The first-order valence-corrected chi connectivity index (χ1v) is 6.37. The second-order valence-electron chi connectivity index (χ2n) is 3.93. The van der Waals surface area contributed by atoms with Gasteiger partial charge in [0.05, 0.1) is 22.5 Å². The summed E-state index contributed by atoms with van der Waals surface area (Å²) in [5.74, 6) is 0. The number of aryl methyl sites for hydroxylation is 1. The maximum atomic E-state index is 10.9. The third kappa shape index (κ3) is 3.06. The molecule has 0 atom stereocenters. The van der Waals surface area contributed by atoms with E-state index in [1.54, 1.807) is 6.20 Å². The molecule has 1 N–H and O–H groups in total. The van der Waals surface area contributed by atoms with Crippen molar-refractivity contribution in [1.29, 1.82) is 0 Å². The summed E-state index contributed by atoms with van der Waals surface area (Å²) in [6, 6.07) is 3.49. The van der Waals surface area contributed by atoms with E-state index in [1.165, 1.54) is 23.5 Å². The predicted molar refractivity (Wildman–Crippen MR) is 73.9 cm³/mol. The van der Waals surface area contributed by atoms with Crippen LogP contribution in [0.25, 0.3) is 0 Å². The van der Waals surface area contributed by atoms with Gasteiger partial charge in [-0.25, -0.2) is 4.98 Å². The van der Waals surface area contributed by atoms with E-state index >= 15 is 0 Å². The summed E-state index contributed by atoms with van der Waals surface area (Å²) < 4.78 is 0. The molecule has 1 aromatic heterocycles. The van der Waals surface area contributed by atoms with E-state index in [0.29, 0.717) is 6.54 Å². The fraction of sp³-hybridized carbons (Fsp3) is 0.182. The number of thiazole rings is 1. The summed E-state index contributed by atoms with van der Waals surface area (Å²) in [5.41, 5.74) is -0.409. The van der Waals surface area contributed by atoms with Crippen LogP contribution in [0.1, 0.15) is 9.88 Å². The fourth-order valence-electron chi connectivity index (χ4n) is 1.59. The van der Waals surface area contributed by atoms with E-state index in [2.05, 4.69) is 10.3 Å². The zero-order valence-corrected chi connectivity index (χ0v) is 11.2. The van der Waals surface area contributed by atoms with Crippen LogP contribution in [0.5, 0.6) is 0 Å². The topological polar surface area (TPSA) is 111 Å². The molecule has 0 unspecified atom stereocenters. The van der Waals surface area contributed by atoms with E-state index < -0.39 is 9.85 Å². The van der Waals surface area contributed by atoms with Crippen molar-refractivity contribution < 1.29 is 9.85 Å². The summed E-state index contributed by atoms with van der Waals surface area (Å²) in [6.07, 6.45) is 1.71. The number of aromatic nitrogens is 1. The molecule has 8 nitrogen and oxygen atoms in total. The molecule has 2 rings (SSSR count). The number of nitrogens with one attached hydrogen (secondary N) is 1. The molecule has 0 saturated heterocycles. The number of nitrogens with zero attached hydrogens (tertiary/aromatic N) is 3. The highest BCUT2D eigenvalue weighted by Gasteiger charge is 2.19. The highest BCUT2D eigenvalue weighted by Crippen LogP contribution is 2.29. The zero-order chi connectivity index (χ0) is 14.7. The highest BCUT2D eigenvalue weighted by atomic mass is 32.1. The molecule has 20 heavy (non-hydrogen) atoms. The average Bonchev–Trinajstić information content (AvgIpc) is 2.81. The van der Waals surface area contributed by atoms with Gasteiger partial charge in [0.2, 0.25) is 0 Å². The lowest BCUT2D eigenvalue weighted by molar-refractivity contribution is -0.393. The second-order valence-corrected chi connectivity index (χ2v) is 5.25. The van der Waals surface area contributed by atoms with Crippen molar-refractivity contribution in [2.24, 2.45) is 0 Å². The molecule has 0 fully saturated rings. The van der Waals surface area contributed by atoms with Gasteiger partial charge in [-0.15, -0.1) is 11.3 Å². The molecule has 1 heterocycles. The fourth-order valence-corrected chi connectivity index (χ4v) is 2.31. The van der Waals surface area contributed by atoms with E-state index in [0.717, 1.165) is 16.0 Å². The van der Waals surface area contributed by atoms with Gasteiger partial charge in [-0.05, 0) is 13.0 Å². The molecule has 0 aliphatic rings. The quantitative estimate of drug-likeness (QED) is 0.670. The molecule has 0 bridgehead atoms. The number of non-ortho nitro benzene ring substituents is 1. The van der Waals surface area contributed by atoms with Crippen LogP contribution in [0.15, 0.2) is 24.4 Å². The van der Waals surface area contributed by atoms with Crippen LogP contribution < -0.4 is 5.32 Å². The lowest BCUT2D eigenvalue weighted by Gasteiger charge is -2.05. The van der Waals surface area contributed by atoms with Crippen LogP contribution in [0.3, 0.4) is 0 Å². The maximum absolute atomic E-state index is 10.9. The largest absolute Gasteiger partial charge is 0.373 e. The van der Waals surface area contributed by atoms with Crippen molar-refractivity contribution in [3.05, 3.63) is 54.5 Å². The minimum atomic E-state index is -0.666. The minimum absolute atomic E-state index is 0.230. The minimum Gasteiger partial charge on any atom is -0.373 e. The maximum Gasteiger partial charge on any atom is 0.299 e. The predicted octanol–water partition coefficient (Wildman–Crippen LogP) is 2.88. The van der Waals surface area contributed by atoms with Gasteiger partial charge >= 0.3 is 0 Å². The van der Waals surface area contributed by atoms with Gasteiger partial charge < -0.3 is 5.32 Å². The molecular formula is C11H10N4O4S. The molecule has 0 saturated carbocycles. The van der Waals surface area contributed by atoms with Crippen molar-refractivity contribution in [2.45, 2.75) is 13.5 Å². The molecule has 1 aromatic carbocycles. The van der Waals surface area contributed by atoms with Crippen LogP contribution in [0.2, 0.25) is 0 Å². The van der Waals surface area contributed by atoms with Gasteiger partial charge in [0.25, 0.3) is 11.4 Å². The zero-order valence-electron chi connectivity index (χ0n) is 10.4. The Morgan fingerprint density at radius 2 is 2.05 bits per heavy atom. The van der Waals surface area contributed by atoms with Gasteiger partial charge in [0, 0.05) is 17.1 Å². The molecule has 0 spiro atoms. The highest BCUT2D eigenvalue weighted by molar-refractivity contribution is 7.11. The Kier molecular flexibility index (Phi) is 3.89. The third-order valence-electron chi connectivity index (χ3n) is 2.49. The normalized spacial score (nSPS) is 10.2. The van der Waals surface area contributed by atoms with Crippen LogP contribution in [0, 0.1) is 27.2 Å². The number of nitro groups is 2. The number of benzene rings is 1. The van der Waals surface area contributed by atoms with Gasteiger partial charge in [0.15, 0.2) is 0 Å². The SMILES string of the molecule is Cc1cnc(CNc2ccc([N+](=O)[O-])cc2[N+](=O)[O-])s1. The van der Waals surface area contributed by atoms with Gasteiger partial charge in [0.1, 0.15) is 10.7 Å². The smallest absolute Gasteiger partial charge is 0.299 e. The Labute approximate surface area is 117 Å². The van der Waals surface area contributed by atoms with Crippen molar-refractivity contribution in [3.8, 4) is 0 Å². The Hall–Kier alpha value is -2.55. The summed E-state index contributed by atoms with van der Waals surface area (Å²) in [4.78, 5) is 25.4. The van der Waals surface area contributed by atoms with Crippen LogP contribution >= 0.6 is 11.3 Å². The lowest BCUT2D eigenvalue weighted by Crippen LogP contribution is -2.03. The summed E-state index contributed by atoms with van der Waals surface area (Å²) in [7, 11) is 0. The Morgan fingerprint density at radius 1 is 1.30 bits per heavy atom. The van der Waals surface area contributed by atoms with Gasteiger partial charge in [-0.3, -0.25) is 20.2 Å². The van der Waals surface area contributed by atoms with Gasteiger partial charge in [-0.2, -0.15) is 0 Å². The Balaban J connectivity index is 2.22. The molecule has 104 valence electrons. The van der Waals surface area contributed by atoms with E-state index in [4.69, 9.17) is 0 Å². The lowest BCUT2D eigenvalue weighted by atomic mass is 10.2. The van der Waals surface area contributed by atoms with Crippen molar-refractivity contribution in [1.82, 2.24) is 4.98 Å². The Morgan fingerprint density at radius 3 is 2.60 bits per heavy atom. The van der Waals surface area contributed by atoms with Crippen molar-refractivity contribution >= 4 is 28.4 Å². The molecule has 0 amide bonds. The summed E-state index contributed by atoms with van der Waals surface area (Å²) >= 11 is 1.48. The first-order valence-electron chi connectivity index (χ1n) is 5.55.